The fourth-order valence-corrected chi connectivity index (χ4v) is 1.79. The molecule has 2 nitrogen and oxygen atoms in total. The predicted molar refractivity (Wildman–Crippen MR) is 53.5 cm³/mol. The van der Waals surface area contributed by atoms with Crippen LogP contribution in [0.3, 0.4) is 0 Å². The number of benzene rings is 1. The van der Waals surface area contributed by atoms with Crippen LogP contribution in [0.1, 0.15) is 17.3 Å². The van der Waals surface area contributed by atoms with Crippen molar-refractivity contribution in [1.82, 2.24) is 0 Å². The Labute approximate surface area is 86.9 Å². The third kappa shape index (κ3) is 1.87. The largest absolute Gasteiger partial charge is 0.508 e. The molecule has 4 heteroatoms. The second-order valence-corrected chi connectivity index (χ2v) is 3.99. The molecule has 0 bridgehead atoms. The summed E-state index contributed by atoms with van der Waals surface area (Å²) < 4.78 is 1.35. The van der Waals surface area contributed by atoms with E-state index in [0.717, 1.165) is 0 Å². The van der Waals surface area contributed by atoms with Crippen molar-refractivity contribution in [3.05, 3.63) is 26.6 Å². The highest BCUT2D eigenvalue weighted by Crippen LogP contribution is 2.31. The highest BCUT2D eigenvalue weighted by atomic mass is 79.9. The molecule has 64 valence electrons. The smallest absolute Gasteiger partial charge is 0.161 e. The summed E-state index contributed by atoms with van der Waals surface area (Å²) in [4.78, 5) is 11.0. The van der Waals surface area contributed by atoms with Crippen molar-refractivity contribution in [3.63, 3.8) is 0 Å². The molecule has 1 aromatic carbocycles. The van der Waals surface area contributed by atoms with E-state index in [9.17, 15) is 4.79 Å². The van der Waals surface area contributed by atoms with E-state index in [1.807, 2.05) is 0 Å². The first kappa shape index (κ1) is 9.74. The van der Waals surface area contributed by atoms with Crippen molar-refractivity contribution in [1.29, 1.82) is 0 Å². The summed E-state index contributed by atoms with van der Waals surface area (Å²) in [5.74, 6) is -0.00579. The third-order valence-electron chi connectivity index (χ3n) is 1.39. The molecule has 0 aliphatic rings. The summed E-state index contributed by atoms with van der Waals surface area (Å²) in [5.41, 5.74) is 0.474. The molecule has 0 atom stereocenters. The Morgan fingerprint density at radius 3 is 2.50 bits per heavy atom. The molecule has 0 amide bonds. The van der Waals surface area contributed by atoms with E-state index in [2.05, 4.69) is 31.9 Å². The number of carbonyl (C=O) groups is 1. The number of phenols is 1. The number of Topliss-reactive ketones (excluding diaryl/α,β-unsaturated/α-hetero) is 1. The van der Waals surface area contributed by atoms with E-state index in [-0.39, 0.29) is 11.5 Å². The minimum absolute atomic E-state index is 0.0790. The molecule has 0 aliphatic carbocycles. The van der Waals surface area contributed by atoms with Gasteiger partial charge in [-0.3, -0.25) is 4.79 Å². The maximum Gasteiger partial charge on any atom is 0.161 e. The first-order valence-corrected chi connectivity index (χ1v) is 4.80. The first-order valence-electron chi connectivity index (χ1n) is 3.21. The van der Waals surface area contributed by atoms with Gasteiger partial charge in [-0.25, -0.2) is 0 Å². The Morgan fingerprint density at radius 2 is 2.00 bits per heavy atom. The van der Waals surface area contributed by atoms with E-state index < -0.39 is 0 Å². The molecule has 1 aromatic rings. The molecule has 0 saturated heterocycles. The maximum atomic E-state index is 11.0. The number of aromatic hydroxyl groups is 1. The van der Waals surface area contributed by atoms with Crippen LogP contribution in [0.5, 0.6) is 5.75 Å². The molecule has 1 rings (SSSR count). The van der Waals surface area contributed by atoms with E-state index in [1.54, 1.807) is 0 Å². The number of halogens is 2. The standard InChI is InChI=1S/C8H6Br2O2/c1-4(11)6-2-5(12)3-7(9)8(6)10/h2-3,12H,1H3. The number of hydrogen-bond donors (Lipinski definition) is 1. The summed E-state index contributed by atoms with van der Waals surface area (Å²) >= 11 is 6.44. The molecule has 0 heterocycles. The first-order chi connectivity index (χ1) is 5.52. The van der Waals surface area contributed by atoms with Crippen molar-refractivity contribution in [3.8, 4) is 5.75 Å². The number of ketones is 1. The molecule has 0 aromatic heterocycles. The van der Waals surface area contributed by atoms with Crippen LogP contribution >= 0.6 is 31.9 Å². The highest BCUT2D eigenvalue weighted by molar-refractivity contribution is 9.13. The highest BCUT2D eigenvalue weighted by Gasteiger charge is 2.09. The van der Waals surface area contributed by atoms with Crippen LogP contribution < -0.4 is 0 Å². The zero-order valence-electron chi connectivity index (χ0n) is 6.27. The van der Waals surface area contributed by atoms with Gasteiger partial charge in [0.15, 0.2) is 5.78 Å². The fraction of sp³-hybridized carbons (Fsp3) is 0.125. The van der Waals surface area contributed by atoms with Gasteiger partial charge in [0.05, 0.1) is 0 Å². The van der Waals surface area contributed by atoms with Gasteiger partial charge in [0.1, 0.15) is 5.75 Å². The van der Waals surface area contributed by atoms with Gasteiger partial charge in [-0.2, -0.15) is 0 Å². The number of phenolic OH excluding ortho intramolecular Hbond substituents is 1. The lowest BCUT2D eigenvalue weighted by Crippen LogP contribution is -1.93. The van der Waals surface area contributed by atoms with Crippen molar-refractivity contribution < 1.29 is 9.90 Å². The van der Waals surface area contributed by atoms with Gasteiger partial charge in [-0.1, -0.05) is 0 Å². The van der Waals surface area contributed by atoms with Gasteiger partial charge in [-0.15, -0.1) is 0 Å². The minimum atomic E-state index is -0.0847. The summed E-state index contributed by atoms with van der Waals surface area (Å²) in [6.07, 6.45) is 0. The Kier molecular flexibility index (Phi) is 2.90. The SMILES string of the molecule is CC(=O)c1cc(O)cc(Br)c1Br. The lowest BCUT2D eigenvalue weighted by molar-refractivity contribution is 0.101. The van der Waals surface area contributed by atoms with Gasteiger partial charge < -0.3 is 5.11 Å². The Balaban J connectivity index is 3.37. The van der Waals surface area contributed by atoms with Crippen LogP contribution in [-0.2, 0) is 0 Å². The normalized spacial score (nSPS) is 9.92. The summed E-state index contributed by atoms with van der Waals surface area (Å²) in [5, 5.41) is 9.16. The average molecular weight is 294 g/mol. The second-order valence-electron chi connectivity index (χ2n) is 2.35. The molecule has 0 fully saturated rings. The number of rotatable bonds is 1. The minimum Gasteiger partial charge on any atom is -0.508 e. The van der Waals surface area contributed by atoms with Crippen LogP contribution in [-0.4, -0.2) is 10.9 Å². The topological polar surface area (TPSA) is 37.3 Å². The van der Waals surface area contributed by atoms with Crippen molar-refractivity contribution >= 4 is 37.6 Å². The monoisotopic (exact) mass is 292 g/mol. The molecule has 0 radical (unpaired) electrons. The fourth-order valence-electron chi connectivity index (χ4n) is 0.831. The summed E-state index contributed by atoms with van der Waals surface area (Å²) in [6, 6.07) is 2.95. The molecule has 0 unspecified atom stereocenters. The molecule has 0 saturated carbocycles. The average Bonchev–Trinajstić information content (AvgIpc) is 1.96. The molecular weight excluding hydrogens is 288 g/mol. The number of hydrogen-bond acceptors (Lipinski definition) is 2. The summed E-state index contributed by atoms with van der Waals surface area (Å²) in [6.45, 7) is 1.45. The third-order valence-corrected chi connectivity index (χ3v) is 3.40. The molecular formula is C8H6Br2O2. The molecule has 0 aliphatic heterocycles. The lowest BCUT2D eigenvalue weighted by Gasteiger charge is -2.03. The maximum absolute atomic E-state index is 11.0. The Bertz CT molecular complexity index is 334. The van der Waals surface area contributed by atoms with Crippen LogP contribution in [0.25, 0.3) is 0 Å². The van der Waals surface area contributed by atoms with E-state index in [1.165, 1.54) is 19.1 Å². The quantitative estimate of drug-likeness (QED) is 0.808. The van der Waals surface area contributed by atoms with Crippen molar-refractivity contribution in [2.75, 3.05) is 0 Å². The van der Waals surface area contributed by atoms with Gasteiger partial charge in [-0.05, 0) is 50.9 Å². The van der Waals surface area contributed by atoms with Gasteiger partial charge >= 0.3 is 0 Å². The molecule has 1 N–H and O–H groups in total. The summed E-state index contributed by atoms with van der Waals surface area (Å²) in [7, 11) is 0. The lowest BCUT2D eigenvalue weighted by atomic mass is 10.1. The second kappa shape index (κ2) is 3.58. The van der Waals surface area contributed by atoms with Gasteiger partial charge in [0.2, 0.25) is 0 Å². The zero-order chi connectivity index (χ0) is 9.30. The van der Waals surface area contributed by atoms with Crippen LogP contribution in [0.4, 0.5) is 0 Å². The van der Waals surface area contributed by atoms with Crippen molar-refractivity contribution in [2.24, 2.45) is 0 Å². The zero-order valence-corrected chi connectivity index (χ0v) is 9.44. The predicted octanol–water partition coefficient (Wildman–Crippen LogP) is 3.12. The molecule has 12 heavy (non-hydrogen) atoms. The molecule has 0 spiro atoms. The van der Waals surface area contributed by atoms with Crippen LogP contribution in [0.15, 0.2) is 21.1 Å². The van der Waals surface area contributed by atoms with Gasteiger partial charge in [0, 0.05) is 14.5 Å². The Hall–Kier alpha value is -0.350. The Morgan fingerprint density at radius 1 is 1.42 bits per heavy atom. The van der Waals surface area contributed by atoms with E-state index in [4.69, 9.17) is 5.11 Å². The van der Waals surface area contributed by atoms with E-state index in [0.29, 0.717) is 14.5 Å². The number of carbonyl (C=O) groups excluding carboxylic acids is 1. The van der Waals surface area contributed by atoms with Gasteiger partial charge in [0.25, 0.3) is 0 Å². The van der Waals surface area contributed by atoms with E-state index >= 15 is 0 Å². The van der Waals surface area contributed by atoms with Crippen molar-refractivity contribution in [2.45, 2.75) is 6.92 Å². The van der Waals surface area contributed by atoms with Crippen LogP contribution in [0.2, 0.25) is 0 Å². The van der Waals surface area contributed by atoms with Crippen LogP contribution in [0, 0.1) is 0 Å².